The van der Waals surface area contributed by atoms with Gasteiger partial charge in [0.2, 0.25) is 0 Å². The van der Waals surface area contributed by atoms with Crippen molar-refractivity contribution in [1.82, 2.24) is 9.55 Å². The Hall–Kier alpha value is -2.33. The van der Waals surface area contributed by atoms with Crippen LogP contribution in [0.3, 0.4) is 0 Å². The second-order valence-corrected chi connectivity index (χ2v) is 10.9. The highest BCUT2D eigenvalue weighted by Crippen LogP contribution is 2.49. The Balaban J connectivity index is 1.75. The number of aromatic nitrogens is 2. The lowest BCUT2D eigenvalue weighted by atomic mass is 9.62. The number of nitrogens with zero attached hydrogens (tertiary/aromatic N) is 2. The third-order valence-electron chi connectivity index (χ3n) is 7.14. The zero-order chi connectivity index (χ0) is 22.1. The first kappa shape index (κ1) is 21.5. The second-order valence-electron chi connectivity index (χ2n) is 9.80. The summed E-state index contributed by atoms with van der Waals surface area (Å²) in [5.41, 5.74) is 5.40. The van der Waals surface area contributed by atoms with Crippen molar-refractivity contribution < 1.29 is 0 Å². The number of rotatable bonds is 5. The van der Waals surface area contributed by atoms with Gasteiger partial charge in [0.15, 0.2) is 5.16 Å². The van der Waals surface area contributed by atoms with E-state index in [4.69, 9.17) is 4.98 Å². The van der Waals surface area contributed by atoms with Gasteiger partial charge in [0, 0.05) is 16.7 Å². The molecule has 0 radical (unpaired) electrons. The van der Waals surface area contributed by atoms with Gasteiger partial charge in [-0.1, -0.05) is 87.3 Å². The van der Waals surface area contributed by atoms with Crippen LogP contribution in [0.15, 0.2) is 64.5 Å². The van der Waals surface area contributed by atoms with Crippen LogP contribution in [0.25, 0.3) is 16.9 Å². The maximum atomic E-state index is 14.3. The highest BCUT2D eigenvalue weighted by Gasteiger charge is 2.43. The van der Waals surface area contributed by atoms with Crippen LogP contribution >= 0.6 is 11.8 Å². The summed E-state index contributed by atoms with van der Waals surface area (Å²) in [5, 5.41) is 0.822. The Morgan fingerprint density at radius 1 is 1.00 bits per heavy atom. The van der Waals surface area contributed by atoms with E-state index in [2.05, 4.69) is 38.1 Å². The van der Waals surface area contributed by atoms with E-state index in [-0.39, 0.29) is 11.0 Å². The zero-order valence-corrected chi connectivity index (χ0v) is 20.0. The smallest absolute Gasteiger partial charge is 0.263 e. The molecule has 4 heteroatoms. The minimum absolute atomic E-state index is 0.0797. The molecule has 2 aliphatic rings. The van der Waals surface area contributed by atoms with Crippen molar-refractivity contribution in [2.75, 3.05) is 5.75 Å². The fourth-order valence-corrected chi connectivity index (χ4v) is 6.72. The van der Waals surface area contributed by atoms with Gasteiger partial charge < -0.3 is 0 Å². The molecular formula is C28H32N2OS. The molecule has 0 atom stereocenters. The average Bonchev–Trinajstić information content (AvgIpc) is 2.80. The van der Waals surface area contributed by atoms with Gasteiger partial charge in [-0.25, -0.2) is 4.98 Å². The van der Waals surface area contributed by atoms with Gasteiger partial charge in [-0.05, 0) is 49.3 Å². The summed E-state index contributed by atoms with van der Waals surface area (Å²) in [6.45, 7) is 4.49. The SMILES string of the molecule is CC(C)CCSc1nc2c(c(=O)n1-c1ccccc1)C1(CCCCC1)Cc1ccccc1-2. The van der Waals surface area contributed by atoms with Crippen LogP contribution in [0.4, 0.5) is 0 Å². The van der Waals surface area contributed by atoms with Crippen LogP contribution < -0.4 is 5.56 Å². The topological polar surface area (TPSA) is 34.9 Å². The van der Waals surface area contributed by atoms with Crippen LogP contribution in [-0.4, -0.2) is 15.3 Å². The van der Waals surface area contributed by atoms with E-state index in [1.807, 2.05) is 34.9 Å². The molecule has 166 valence electrons. The van der Waals surface area contributed by atoms with Crippen LogP contribution in [0.1, 0.15) is 63.5 Å². The van der Waals surface area contributed by atoms with Gasteiger partial charge in [-0.3, -0.25) is 9.36 Å². The van der Waals surface area contributed by atoms with Gasteiger partial charge in [-0.15, -0.1) is 0 Å². The lowest BCUT2D eigenvalue weighted by molar-refractivity contribution is 0.283. The zero-order valence-electron chi connectivity index (χ0n) is 19.1. The predicted molar refractivity (Wildman–Crippen MR) is 134 cm³/mol. The molecular weight excluding hydrogens is 412 g/mol. The molecule has 32 heavy (non-hydrogen) atoms. The summed E-state index contributed by atoms with van der Waals surface area (Å²) in [4.78, 5) is 19.6. The minimum Gasteiger partial charge on any atom is -0.268 e. The van der Waals surface area contributed by atoms with Crippen molar-refractivity contribution in [3.05, 3.63) is 76.1 Å². The van der Waals surface area contributed by atoms with E-state index in [0.29, 0.717) is 5.92 Å². The molecule has 0 aliphatic heterocycles. The molecule has 1 aromatic heterocycles. The summed E-state index contributed by atoms with van der Waals surface area (Å²) in [7, 11) is 0. The normalized spacial score (nSPS) is 16.7. The number of thioether (sulfide) groups is 1. The molecule has 0 unspecified atom stereocenters. The largest absolute Gasteiger partial charge is 0.268 e. The summed E-state index contributed by atoms with van der Waals surface area (Å²) < 4.78 is 1.90. The molecule has 1 spiro atoms. The molecule has 1 heterocycles. The molecule has 1 saturated carbocycles. The third kappa shape index (κ3) is 3.83. The Morgan fingerprint density at radius 3 is 2.47 bits per heavy atom. The average molecular weight is 445 g/mol. The van der Waals surface area contributed by atoms with Crippen molar-refractivity contribution in [2.24, 2.45) is 5.92 Å². The molecule has 2 aromatic carbocycles. The van der Waals surface area contributed by atoms with Gasteiger partial charge in [0.05, 0.1) is 16.9 Å². The first-order chi connectivity index (χ1) is 15.6. The Labute approximate surface area is 195 Å². The lowest BCUT2D eigenvalue weighted by Gasteiger charge is -2.42. The fourth-order valence-electron chi connectivity index (χ4n) is 5.48. The molecule has 1 fully saturated rings. The van der Waals surface area contributed by atoms with Crippen LogP contribution in [0.5, 0.6) is 0 Å². The fraction of sp³-hybridized carbons (Fsp3) is 0.429. The summed E-state index contributed by atoms with van der Waals surface area (Å²) in [6, 6.07) is 18.7. The number of benzene rings is 2. The van der Waals surface area contributed by atoms with Crippen molar-refractivity contribution in [3.8, 4) is 16.9 Å². The van der Waals surface area contributed by atoms with Gasteiger partial charge >= 0.3 is 0 Å². The third-order valence-corrected chi connectivity index (χ3v) is 8.11. The van der Waals surface area contributed by atoms with Crippen molar-refractivity contribution >= 4 is 11.8 Å². The van der Waals surface area contributed by atoms with E-state index in [9.17, 15) is 4.79 Å². The summed E-state index contributed by atoms with van der Waals surface area (Å²) in [6.07, 6.45) is 7.88. The number of fused-ring (bicyclic) bond motifs is 4. The number of para-hydroxylation sites is 1. The van der Waals surface area contributed by atoms with Crippen molar-refractivity contribution in [3.63, 3.8) is 0 Å². The van der Waals surface area contributed by atoms with E-state index >= 15 is 0 Å². The van der Waals surface area contributed by atoms with Crippen molar-refractivity contribution in [2.45, 2.75) is 69.4 Å². The molecule has 2 aliphatic carbocycles. The molecule has 0 bridgehead atoms. The monoisotopic (exact) mass is 444 g/mol. The highest BCUT2D eigenvalue weighted by atomic mass is 32.2. The van der Waals surface area contributed by atoms with Gasteiger partial charge in [-0.2, -0.15) is 0 Å². The lowest BCUT2D eigenvalue weighted by Crippen LogP contribution is -2.42. The standard InChI is InChI=1S/C28H32N2OS/c1-20(2)15-18-32-27-29-25-23-14-8-7-11-21(23)19-28(16-9-4-10-17-28)24(25)26(31)30(27)22-12-5-3-6-13-22/h3,5-8,11-14,20H,4,9-10,15-19H2,1-2H3. The maximum Gasteiger partial charge on any atom is 0.263 e. The van der Waals surface area contributed by atoms with Crippen LogP contribution in [0, 0.1) is 5.92 Å². The molecule has 3 nitrogen and oxygen atoms in total. The first-order valence-corrected chi connectivity index (χ1v) is 13.0. The van der Waals surface area contributed by atoms with E-state index in [1.165, 1.54) is 24.8 Å². The second kappa shape index (κ2) is 8.90. The Kier molecular flexibility index (Phi) is 5.98. The van der Waals surface area contributed by atoms with Crippen molar-refractivity contribution in [1.29, 1.82) is 0 Å². The summed E-state index contributed by atoms with van der Waals surface area (Å²) >= 11 is 1.72. The predicted octanol–water partition coefficient (Wildman–Crippen LogP) is 6.80. The quantitative estimate of drug-likeness (QED) is 0.321. The highest BCUT2D eigenvalue weighted by molar-refractivity contribution is 7.99. The Bertz CT molecular complexity index is 1160. The molecule has 3 aromatic rings. The van der Waals surface area contributed by atoms with Crippen LogP contribution in [-0.2, 0) is 11.8 Å². The number of hydrogen-bond donors (Lipinski definition) is 0. The van der Waals surface area contributed by atoms with Gasteiger partial charge in [0.25, 0.3) is 5.56 Å². The van der Waals surface area contributed by atoms with Gasteiger partial charge in [0.1, 0.15) is 0 Å². The molecule has 0 amide bonds. The maximum absolute atomic E-state index is 14.3. The number of hydrogen-bond acceptors (Lipinski definition) is 3. The van der Waals surface area contributed by atoms with Crippen LogP contribution in [0.2, 0.25) is 0 Å². The first-order valence-electron chi connectivity index (χ1n) is 12.0. The Morgan fingerprint density at radius 2 is 1.72 bits per heavy atom. The van der Waals surface area contributed by atoms with E-state index < -0.39 is 0 Å². The summed E-state index contributed by atoms with van der Waals surface area (Å²) in [5.74, 6) is 1.59. The molecule has 0 N–H and O–H groups in total. The molecule has 5 rings (SSSR count). The van der Waals surface area contributed by atoms with E-state index in [0.717, 1.165) is 59.1 Å². The van der Waals surface area contributed by atoms with E-state index in [1.54, 1.807) is 11.8 Å². The molecule has 0 saturated heterocycles. The minimum atomic E-state index is -0.0797.